The van der Waals surface area contributed by atoms with E-state index >= 15 is 0 Å². The van der Waals surface area contributed by atoms with Crippen LogP contribution in [0.2, 0.25) is 5.02 Å². The maximum atomic E-state index is 13.3. The molecular formula is C21H26ClNO6. The number of nitrogens with zero attached hydrogens (tertiary/aromatic N) is 1. The molecule has 0 aliphatic carbocycles. The lowest BCUT2D eigenvalue weighted by Crippen LogP contribution is -2.40. The number of hydrogen-bond donors (Lipinski definition) is 0. The van der Waals surface area contributed by atoms with Crippen LogP contribution in [0.3, 0.4) is 0 Å². The molecule has 0 radical (unpaired) electrons. The lowest BCUT2D eigenvalue weighted by atomic mass is 9.99. The number of benzene rings is 1. The molecule has 2 aliphatic heterocycles. The van der Waals surface area contributed by atoms with E-state index < -0.39 is 12.4 Å². The number of fused-ring (bicyclic) bond motifs is 1. The minimum Gasteiger partial charge on any atom is -0.496 e. The monoisotopic (exact) mass is 423 g/mol. The molecule has 2 aliphatic rings. The van der Waals surface area contributed by atoms with E-state index in [1.54, 1.807) is 30.9 Å². The highest BCUT2D eigenvalue weighted by molar-refractivity contribution is 6.36. The summed E-state index contributed by atoms with van der Waals surface area (Å²) in [6.07, 6.45) is 0.852. The standard InChI is InChI=1S/C21H26ClNO6/c1-5-27-13(3)28-21(25)29-19-15-8-6-7-9-23(15)20(24)18(19)17-14(22)10-12(2)11-16(17)26-4/h10-11,13,15H,5-9H2,1-4H3. The lowest BCUT2D eigenvalue weighted by Gasteiger charge is -2.30. The van der Waals surface area contributed by atoms with Crippen LogP contribution in [0.1, 0.15) is 44.2 Å². The molecule has 2 unspecified atom stereocenters. The van der Waals surface area contributed by atoms with Crippen LogP contribution >= 0.6 is 11.6 Å². The van der Waals surface area contributed by atoms with E-state index in [0.717, 1.165) is 18.4 Å². The van der Waals surface area contributed by atoms with Crippen molar-refractivity contribution in [2.45, 2.75) is 52.4 Å². The van der Waals surface area contributed by atoms with Crippen molar-refractivity contribution in [1.82, 2.24) is 4.90 Å². The van der Waals surface area contributed by atoms with Gasteiger partial charge in [0.25, 0.3) is 5.91 Å². The predicted octanol–water partition coefficient (Wildman–Crippen LogP) is 4.30. The second-order valence-corrected chi connectivity index (χ2v) is 7.47. The second-order valence-electron chi connectivity index (χ2n) is 7.07. The van der Waals surface area contributed by atoms with Crippen molar-refractivity contribution in [3.63, 3.8) is 0 Å². The van der Waals surface area contributed by atoms with Crippen molar-refractivity contribution in [3.8, 4) is 5.75 Å². The van der Waals surface area contributed by atoms with Crippen LogP contribution in [0.4, 0.5) is 4.79 Å². The SMILES string of the molecule is CCOC(C)OC(=O)OC1=C(c2c(Cl)cc(C)cc2OC)C(=O)N2CCCCC12. The highest BCUT2D eigenvalue weighted by atomic mass is 35.5. The van der Waals surface area contributed by atoms with Crippen molar-refractivity contribution >= 4 is 29.2 Å². The minimum atomic E-state index is -0.916. The van der Waals surface area contributed by atoms with E-state index in [1.165, 1.54) is 7.11 Å². The summed E-state index contributed by atoms with van der Waals surface area (Å²) in [5.74, 6) is 0.488. The minimum absolute atomic E-state index is 0.223. The zero-order chi connectivity index (χ0) is 21.1. The number of aryl methyl sites for hydroxylation is 1. The third-order valence-electron chi connectivity index (χ3n) is 5.05. The number of halogens is 1. The van der Waals surface area contributed by atoms with Crippen LogP contribution in [0.5, 0.6) is 5.75 Å². The maximum Gasteiger partial charge on any atom is 0.515 e. The van der Waals surface area contributed by atoms with E-state index in [2.05, 4.69) is 0 Å². The van der Waals surface area contributed by atoms with E-state index in [-0.39, 0.29) is 23.3 Å². The third-order valence-corrected chi connectivity index (χ3v) is 5.35. The molecule has 29 heavy (non-hydrogen) atoms. The Morgan fingerprint density at radius 3 is 2.79 bits per heavy atom. The molecule has 3 rings (SSSR count). The molecule has 7 nitrogen and oxygen atoms in total. The first-order valence-corrected chi connectivity index (χ1v) is 10.1. The summed E-state index contributed by atoms with van der Waals surface area (Å²) in [6, 6.07) is 3.22. The van der Waals surface area contributed by atoms with Gasteiger partial charge < -0.3 is 23.8 Å². The molecule has 2 heterocycles. The topological polar surface area (TPSA) is 74.3 Å². The molecule has 0 bridgehead atoms. The van der Waals surface area contributed by atoms with E-state index in [0.29, 0.717) is 35.9 Å². The average molecular weight is 424 g/mol. The fraction of sp³-hybridized carbons (Fsp3) is 0.524. The molecule has 1 aromatic carbocycles. The number of methoxy groups -OCH3 is 1. The fourth-order valence-electron chi connectivity index (χ4n) is 3.84. The van der Waals surface area contributed by atoms with Crippen molar-refractivity contribution in [2.75, 3.05) is 20.3 Å². The second kappa shape index (κ2) is 9.05. The van der Waals surface area contributed by atoms with Crippen molar-refractivity contribution in [2.24, 2.45) is 0 Å². The van der Waals surface area contributed by atoms with Gasteiger partial charge in [0.1, 0.15) is 11.5 Å². The zero-order valence-electron chi connectivity index (χ0n) is 17.1. The van der Waals surface area contributed by atoms with Crippen molar-refractivity contribution < 1.29 is 28.5 Å². The largest absolute Gasteiger partial charge is 0.515 e. The van der Waals surface area contributed by atoms with Crippen LogP contribution in [0, 0.1) is 6.92 Å². The van der Waals surface area contributed by atoms with Gasteiger partial charge in [-0.3, -0.25) is 4.79 Å². The van der Waals surface area contributed by atoms with Crippen molar-refractivity contribution in [3.05, 3.63) is 34.0 Å². The van der Waals surface area contributed by atoms with Crippen LogP contribution in [0.25, 0.3) is 5.57 Å². The van der Waals surface area contributed by atoms with Crippen LogP contribution in [-0.4, -0.2) is 49.6 Å². The van der Waals surface area contributed by atoms with Gasteiger partial charge in [0.2, 0.25) is 6.29 Å². The average Bonchev–Trinajstić information content (AvgIpc) is 2.93. The summed E-state index contributed by atoms with van der Waals surface area (Å²) in [7, 11) is 1.51. The van der Waals surface area contributed by atoms with Gasteiger partial charge in [0.05, 0.1) is 29.3 Å². The molecule has 0 saturated carbocycles. The summed E-state index contributed by atoms with van der Waals surface area (Å²) in [5, 5.41) is 0.363. The number of carbonyl (C=O) groups is 2. The van der Waals surface area contributed by atoms with E-state index in [9.17, 15) is 9.59 Å². The zero-order valence-corrected chi connectivity index (χ0v) is 17.9. The van der Waals surface area contributed by atoms with Crippen LogP contribution in [0.15, 0.2) is 17.9 Å². The molecule has 1 aromatic rings. The van der Waals surface area contributed by atoms with Crippen LogP contribution in [-0.2, 0) is 19.0 Å². The van der Waals surface area contributed by atoms with E-state index in [4.69, 9.17) is 30.5 Å². The molecule has 1 fully saturated rings. The predicted molar refractivity (Wildman–Crippen MR) is 108 cm³/mol. The molecule has 8 heteroatoms. The number of piperidine rings is 1. The summed E-state index contributed by atoms with van der Waals surface area (Å²) in [6.45, 7) is 6.28. The van der Waals surface area contributed by atoms with E-state index in [1.807, 2.05) is 6.92 Å². The Morgan fingerprint density at radius 1 is 1.34 bits per heavy atom. The fourth-order valence-corrected chi connectivity index (χ4v) is 4.20. The first-order chi connectivity index (χ1) is 13.9. The Labute approximate surface area is 175 Å². The van der Waals surface area contributed by atoms with Gasteiger partial charge in [-0.15, -0.1) is 0 Å². The summed E-state index contributed by atoms with van der Waals surface area (Å²) < 4.78 is 21.4. The van der Waals surface area contributed by atoms with Gasteiger partial charge in [-0.05, 0) is 57.7 Å². The highest BCUT2D eigenvalue weighted by Crippen LogP contribution is 2.44. The number of rotatable bonds is 6. The van der Waals surface area contributed by atoms with Crippen LogP contribution < -0.4 is 4.74 Å². The highest BCUT2D eigenvalue weighted by Gasteiger charge is 2.45. The smallest absolute Gasteiger partial charge is 0.496 e. The first kappa shape index (κ1) is 21.5. The van der Waals surface area contributed by atoms with Gasteiger partial charge in [0.15, 0.2) is 0 Å². The number of amides is 1. The lowest BCUT2D eigenvalue weighted by molar-refractivity contribution is -0.126. The summed E-state index contributed by atoms with van der Waals surface area (Å²) >= 11 is 6.51. The third kappa shape index (κ3) is 4.36. The molecular weight excluding hydrogens is 398 g/mol. The Balaban J connectivity index is 2.05. The Kier molecular flexibility index (Phi) is 6.70. The number of hydrogen-bond acceptors (Lipinski definition) is 6. The molecule has 2 atom stereocenters. The summed E-state index contributed by atoms with van der Waals surface area (Å²) in [4.78, 5) is 27.4. The van der Waals surface area contributed by atoms with Gasteiger partial charge >= 0.3 is 6.16 Å². The maximum absolute atomic E-state index is 13.3. The Hall–Kier alpha value is -2.25. The summed E-state index contributed by atoms with van der Waals surface area (Å²) in [5.41, 5.74) is 1.58. The number of ether oxygens (including phenoxy) is 4. The quantitative estimate of drug-likeness (QED) is 0.501. The van der Waals surface area contributed by atoms with Gasteiger partial charge in [0, 0.05) is 13.2 Å². The molecule has 1 amide bonds. The first-order valence-electron chi connectivity index (χ1n) is 9.77. The normalized spacial score (nSPS) is 19.8. The molecule has 158 valence electrons. The molecule has 0 N–H and O–H groups in total. The molecule has 0 spiro atoms. The molecule has 1 saturated heterocycles. The van der Waals surface area contributed by atoms with Gasteiger partial charge in [-0.1, -0.05) is 11.6 Å². The van der Waals surface area contributed by atoms with Gasteiger partial charge in [-0.25, -0.2) is 4.79 Å². The number of carbonyl (C=O) groups excluding carboxylic acids is 2. The Morgan fingerprint density at radius 2 is 2.10 bits per heavy atom. The molecule has 0 aromatic heterocycles. The van der Waals surface area contributed by atoms with Crippen molar-refractivity contribution in [1.29, 1.82) is 0 Å². The van der Waals surface area contributed by atoms with Gasteiger partial charge in [-0.2, -0.15) is 0 Å². The Bertz CT molecular complexity index is 837.